The third-order valence-corrected chi connectivity index (χ3v) is 4.20. The van der Waals surface area contributed by atoms with Crippen LogP contribution in [0.15, 0.2) is 35.6 Å². The van der Waals surface area contributed by atoms with E-state index in [1.807, 2.05) is 4.58 Å². The molecular formula is C17H17N2O6+. The van der Waals surface area contributed by atoms with Crippen LogP contribution >= 0.6 is 0 Å². The number of phenolic OH excluding ortho intramolecular Hbond substituents is 2. The van der Waals surface area contributed by atoms with Crippen molar-refractivity contribution < 1.29 is 34.6 Å². The first-order valence-corrected chi connectivity index (χ1v) is 7.65. The van der Waals surface area contributed by atoms with E-state index < -0.39 is 18.0 Å². The molecule has 3 rings (SSSR count). The first-order valence-electron chi connectivity index (χ1n) is 7.65. The topological polar surface area (TPSA) is 130 Å². The number of aromatic hydroxyl groups is 2. The molecule has 1 aromatic carbocycles. The number of phenols is 2. The molecule has 0 amide bonds. The highest BCUT2D eigenvalue weighted by Crippen LogP contribution is 2.36. The van der Waals surface area contributed by atoms with E-state index in [2.05, 4.69) is 5.32 Å². The summed E-state index contributed by atoms with van der Waals surface area (Å²) in [5, 5.41) is 39.9. The lowest BCUT2D eigenvalue weighted by Crippen LogP contribution is -2.41. The maximum Gasteiger partial charge on any atom is 0.351 e. The van der Waals surface area contributed by atoms with Crippen LogP contribution < -0.4 is 5.32 Å². The van der Waals surface area contributed by atoms with E-state index >= 15 is 0 Å². The van der Waals surface area contributed by atoms with Gasteiger partial charge in [0.2, 0.25) is 5.69 Å². The molecule has 0 radical (unpaired) electrons. The molecule has 2 heterocycles. The van der Waals surface area contributed by atoms with Gasteiger partial charge in [-0.1, -0.05) is 0 Å². The molecule has 0 aliphatic carbocycles. The zero-order chi connectivity index (χ0) is 18.1. The lowest BCUT2D eigenvalue weighted by Gasteiger charge is -2.21. The highest BCUT2D eigenvalue weighted by Gasteiger charge is 2.28. The summed E-state index contributed by atoms with van der Waals surface area (Å²) in [6.45, 7) is 0.637. The van der Waals surface area contributed by atoms with Gasteiger partial charge < -0.3 is 25.7 Å². The highest BCUT2D eigenvalue weighted by molar-refractivity contribution is 5.89. The van der Waals surface area contributed by atoms with Gasteiger partial charge in [0.25, 0.3) is 0 Å². The predicted molar refractivity (Wildman–Crippen MR) is 87.3 cm³/mol. The number of carbonyl (C=O) groups is 2. The van der Waals surface area contributed by atoms with E-state index in [0.717, 1.165) is 11.3 Å². The normalized spacial score (nSPS) is 22.4. The first-order chi connectivity index (χ1) is 11.8. The largest absolute Gasteiger partial charge is 0.504 e. The Bertz CT molecular complexity index is 853. The van der Waals surface area contributed by atoms with E-state index in [0.29, 0.717) is 18.5 Å². The Morgan fingerprint density at radius 1 is 1.20 bits per heavy atom. The number of hydrogen-bond acceptors (Lipinski definition) is 5. The summed E-state index contributed by atoms with van der Waals surface area (Å²) in [6.07, 6.45) is 5.64. The molecule has 2 aliphatic rings. The van der Waals surface area contributed by atoms with Gasteiger partial charge in [0, 0.05) is 24.5 Å². The Kier molecular flexibility index (Phi) is 4.18. The van der Waals surface area contributed by atoms with Gasteiger partial charge >= 0.3 is 11.9 Å². The molecule has 8 heteroatoms. The zero-order valence-electron chi connectivity index (χ0n) is 13.1. The molecular weight excluding hydrogens is 328 g/mol. The van der Waals surface area contributed by atoms with Crippen LogP contribution in [0, 0.1) is 0 Å². The lowest BCUT2D eigenvalue weighted by molar-refractivity contribution is -0.423. The van der Waals surface area contributed by atoms with E-state index in [9.17, 15) is 19.8 Å². The predicted octanol–water partition coefficient (Wildman–Crippen LogP) is 0.710. The third kappa shape index (κ3) is 3.32. The van der Waals surface area contributed by atoms with Crippen LogP contribution in [0.2, 0.25) is 0 Å². The van der Waals surface area contributed by atoms with Crippen LogP contribution in [0.4, 0.5) is 5.69 Å². The van der Waals surface area contributed by atoms with Gasteiger partial charge in [-0.2, -0.15) is 4.58 Å². The van der Waals surface area contributed by atoms with Crippen LogP contribution in [-0.4, -0.2) is 55.7 Å². The Hall–Kier alpha value is -3.29. The Labute approximate surface area is 142 Å². The quantitative estimate of drug-likeness (QED) is 0.403. The molecule has 8 nitrogen and oxygen atoms in total. The van der Waals surface area contributed by atoms with Crippen molar-refractivity contribution >= 4 is 23.8 Å². The molecule has 130 valence electrons. The number of carboxylic acid groups (broad SMARTS) is 2. The molecule has 0 saturated heterocycles. The minimum atomic E-state index is -1.22. The maximum absolute atomic E-state index is 11.2. The van der Waals surface area contributed by atoms with Crippen LogP contribution in [0.3, 0.4) is 0 Å². The zero-order valence-corrected chi connectivity index (χ0v) is 13.1. The SMILES string of the molecule is O=C(O)C1=C/C(=C/C=[N+]2CCc3cc(O)c(O)cc32)C[C@@H](C(=O)O)N1. The van der Waals surface area contributed by atoms with E-state index in [4.69, 9.17) is 10.2 Å². The Morgan fingerprint density at radius 3 is 2.60 bits per heavy atom. The summed E-state index contributed by atoms with van der Waals surface area (Å²) in [5.41, 5.74) is 2.04. The number of aliphatic carboxylic acids is 2. The second kappa shape index (κ2) is 6.31. The molecule has 5 N–H and O–H groups in total. The average Bonchev–Trinajstić information content (AvgIpc) is 2.95. The van der Waals surface area contributed by atoms with Crippen molar-refractivity contribution in [2.75, 3.05) is 6.54 Å². The van der Waals surface area contributed by atoms with E-state index in [1.54, 1.807) is 12.3 Å². The fourth-order valence-corrected chi connectivity index (χ4v) is 2.93. The van der Waals surface area contributed by atoms with Crippen molar-refractivity contribution in [3.63, 3.8) is 0 Å². The molecule has 0 aromatic heterocycles. The average molecular weight is 345 g/mol. The van der Waals surface area contributed by atoms with Gasteiger partial charge in [0.1, 0.15) is 11.7 Å². The second-order valence-corrected chi connectivity index (χ2v) is 5.91. The molecule has 0 bridgehead atoms. The van der Waals surface area contributed by atoms with Gasteiger partial charge in [-0.15, -0.1) is 0 Å². The van der Waals surface area contributed by atoms with Crippen LogP contribution in [0.1, 0.15) is 12.0 Å². The van der Waals surface area contributed by atoms with Crippen molar-refractivity contribution in [3.05, 3.63) is 41.1 Å². The summed E-state index contributed by atoms with van der Waals surface area (Å²) in [4.78, 5) is 22.3. The fourth-order valence-electron chi connectivity index (χ4n) is 2.93. The molecule has 2 aliphatic heterocycles. The molecule has 1 aromatic rings. The Morgan fingerprint density at radius 2 is 1.92 bits per heavy atom. The molecule has 0 spiro atoms. The van der Waals surface area contributed by atoms with Gasteiger partial charge in [0.05, 0.1) is 6.07 Å². The summed E-state index contributed by atoms with van der Waals surface area (Å²) in [7, 11) is 0. The fraction of sp³-hybridized carbons (Fsp3) is 0.235. The van der Waals surface area contributed by atoms with Crippen molar-refractivity contribution in [3.8, 4) is 11.5 Å². The van der Waals surface area contributed by atoms with Crippen molar-refractivity contribution in [1.82, 2.24) is 5.32 Å². The number of allylic oxidation sites excluding steroid dienone is 2. The summed E-state index contributed by atoms with van der Waals surface area (Å²) in [6, 6.07) is 1.98. The van der Waals surface area contributed by atoms with Crippen LogP contribution in [0.5, 0.6) is 11.5 Å². The maximum atomic E-state index is 11.2. The molecule has 0 saturated carbocycles. The lowest BCUT2D eigenvalue weighted by atomic mass is 10.00. The molecule has 25 heavy (non-hydrogen) atoms. The number of fused-ring (bicyclic) bond motifs is 1. The molecule has 0 fully saturated rings. The van der Waals surface area contributed by atoms with Crippen molar-refractivity contribution in [2.24, 2.45) is 0 Å². The number of nitrogens with one attached hydrogen (secondary N) is 1. The van der Waals surface area contributed by atoms with Crippen LogP contribution in [-0.2, 0) is 16.0 Å². The van der Waals surface area contributed by atoms with Crippen molar-refractivity contribution in [1.29, 1.82) is 0 Å². The minimum absolute atomic E-state index is 0.157. The second-order valence-electron chi connectivity index (χ2n) is 5.91. The van der Waals surface area contributed by atoms with Gasteiger partial charge in [-0.3, -0.25) is 0 Å². The van der Waals surface area contributed by atoms with E-state index in [1.165, 1.54) is 18.2 Å². The van der Waals surface area contributed by atoms with Gasteiger partial charge in [-0.25, -0.2) is 9.59 Å². The summed E-state index contributed by atoms with van der Waals surface area (Å²) >= 11 is 0. The molecule has 1 atom stereocenters. The van der Waals surface area contributed by atoms with Crippen LogP contribution in [0.25, 0.3) is 0 Å². The number of rotatable bonds is 3. The Balaban J connectivity index is 1.92. The molecule has 0 unspecified atom stereocenters. The standard InChI is InChI=1S/C17H16N2O6/c20-14-7-10-2-4-19(13(10)8-15(14)21)3-1-9-5-11(16(22)23)18-12(6-9)17(24)25/h1,3,5,7-8,12H,2,4,6H2,(H4,20,21,22,23,24,25)/p+1/t12-/m0/s1. The number of nitrogens with zero attached hydrogens (tertiary/aromatic N) is 1. The minimum Gasteiger partial charge on any atom is -0.504 e. The third-order valence-electron chi connectivity index (χ3n) is 4.20. The monoisotopic (exact) mass is 345 g/mol. The van der Waals surface area contributed by atoms with Gasteiger partial charge in [-0.05, 0) is 17.7 Å². The number of benzene rings is 1. The van der Waals surface area contributed by atoms with Gasteiger partial charge in [0.15, 0.2) is 24.3 Å². The number of carboxylic acids is 2. The summed E-state index contributed by atoms with van der Waals surface area (Å²) < 4.78 is 1.85. The summed E-state index contributed by atoms with van der Waals surface area (Å²) in [5.74, 6) is -2.73. The van der Waals surface area contributed by atoms with E-state index in [-0.39, 0.29) is 23.6 Å². The smallest absolute Gasteiger partial charge is 0.351 e. The van der Waals surface area contributed by atoms with Crippen molar-refractivity contribution in [2.45, 2.75) is 18.9 Å². The first kappa shape index (κ1) is 16.6. The number of hydrogen-bond donors (Lipinski definition) is 5. The highest BCUT2D eigenvalue weighted by atomic mass is 16.4.